The lowest BCUT2D eigenvalue weighted by molar-refractivity contribution is -0.728. The highest BCUT2D eigenvalue weighted by Gasteiger charge is 2.16. The van der Waals surface area contributed by atoms with Crippen LogP contribution in [-0.2, 0) is 6.54 Å². The van der Waals surface area contributed by atoms with Crippen molar-refractivity contribution in [2.24, 2.45) is 0 Å². The Hall–Kier alpha value is -1.85. The van der Waals surface area contributed by atoms with Gasteiger partial charge in [-0.05, 0) is 6.42 Å². The Morgan fingerprint density at radius 1 is 1.43 bits per heavy atom. The lowest BCUT2D eigenvalue weighted by atomic mass is 10.4. The van der Waals surface area contributed by atoms with Crippen molar-refractivity contribution in [2.75, 3.05) is 11.5 Å². The van der Waals surface area contributed by atoms with Crippen LogP contribution in [0.25, 0.3) is 11.0 Å². The number of fused-ring (bicyclic) bond motifs is 1. The van der Waals surface area contributed by atoms with Gasteiger partial charge in [-0.1, -0.05) is 6.92 Å². The number of hydrogen-bond donors (Lipinski definition) is 3. The molecule has 0 fully saturated rings. The van der Waals surface area contributed by atoms with Crippen LogP contribution < -0.4 is 16.1 Å². The first-order chi connectivity index (χ1) is 6.72. The maximum atomic E-state index is 5.70. The highest BCUT2D eigenvalue weighted by molar-refractivity contribution is 5.83. The first-order valence-corrected chi connectivity index (χ1v) is 4.52. The molecule has 2 aromatic heterocycles. The molecule has 0 saturated heterocycles. The Morgan fingerprint density at radius 2 is 2.21 bits per heavy atom. The van der Waals surface area contributed by atoms with Crippen LogP contribution in [0.15, 0.2) is 6.20 Å². The molecule has 0 saturated carbocycles. The molecule has 2 heterocycles. The number of anilines is 2. The molecular formula is C8H13N6+. The molecule has 5 N–H and O–H groups in total. The molecule has 0 radical (unpaired) electrons. The second-order valence-electron chi connectivity index (χ2n) is 3.13. The summed E-state index contributed by atoms with van der Waals surface area (Å²) in [5.74, 6) is 0.623. The molecule has 6 nitrogen and oxygen atoms in total. The second kappa shape index (κ2) is 3.13. The van der Waals surface area contributed by atoms with E-state index < -0.39 is 0 Å². The highest BCUT2D eigenvalue weighted by atomic mass is 15.3. The van der Waals surface area contributed by atoms with E-state index in [1.165, 1.54) is 0 Å². The molecule has 0 amide bonds. The Kier molecular flexibility index (Phi) is 1.95. The summed E-state index contributed by atoms with van der Waals surface area (Å²) in [4.78, 5) is 8.02. The van der Waals surface area contributed by atoms with Gasteiger partial charge in [0.1, 0.15) is 17.7 Å². The van der Waals surface area contributed by atoms with E-state index in [0.29, 0.717) is 5.82 Å². The van der Waals surface area contributed by atoms with Crippen molar-refractivity contribution in [3.05, 3.63) is 6.20 Å². The van der Waals surface area contributed by atoms with E-state index in [0.717, 1.165) is 24.0 Å². The van der Waals surface area contributed by atoms with Gasteiger partial charge in [-0.25, -0.2) is 5.10 Å². The van der Waals surface area contributed by atoms with Crippen LogP contribution in [0.5, 0.6) is 0 Å². The first kappa shape index (κ1) is 8.74. The van der Waals surface area contributed by atoms with Crippen molar-refractivity contribution in [1.29, 1.82) is 0 Å². The zero-order chi connectivity index (χ0) is 10.1. The minimum atomic E-state index is 0.208. The normalized spacial score (nSPS) is 10.9. The summed E-state index contributed by atoms with van der Waals surface area (Å²) >= 11 is 0. The standard InChI is InChI=1S/C8H12N6/c1-2-3-14-7-5(4-11-14)6(9)12-8(10)13-7/h4H,2-3H2,1H3,(H4,9,10,11,12,13)/p+1. The maximum absolute atomic E-state index is 5.70. The van der Waals surface area contributed by atoms with Gasteiger partial charge in [0.25, 0.3) is 0 Å². The zero-order valence-corrected chi connectivity index (χ0v) is 7.99. The summed E-state index contributed by atoms with van der Waals surface area (Å²) in [6, 6.07) is 0. The number of rotatable bonds is 2. The summed E-state index contributed by atoms with van der Waals surface area (Å²) in [6.07, 6.45) is 2.81. The van der Waals surface area contributed by atoms with Crippen molar-refractivity contribution in [2.45, 2.75) is 19.9 Å². The number of nitrogen functional groups attached to an aromatic ring is 2. The summed E-state index contributed by atoms with van der Waals surface area (Å²) in [5.41, 5.74) is 12.0. The van der Waals surface area contributed by atoms with Crippen molar-refractivity contribution in [3.63, 3.8) is 0 Å². The monoisotopic (exact) mass is 193 g/mol. The average Bonchev–Trinajstić information content (AvgIpc) is 2.49. The molecule has 0 atom stereocenters. The number of H-pyrrole nitrogens is 1. The SMILES string of the molecule is CCC[n+]1[nH]cc2c(N)nc(N)nc21. The lowest BCUT2D eigenvalue weighted by Gasteiger charge is -1.93. The molecule has 0 aliphatic carbocycles. The first-order valence-electron chi connectivity index (χ1n) is 4.52. The fourth-order valence-electron chi connectivity index (χ4n) is 1.43. The fourth-order valence-corrected chi connectivity index (χ4v) is 1.43. The van der Waals surface area contributed by atoms with Crippen LogP contribution in [0.3, 0.4) is 0 Å². The van der Waals surface area contributed by atoms with Gasteiger partial charge in [0, 0.05) is 4.98 Å². The Morgan fingerprint density at radius 3 is 2.93 bits per heavy atom. The summed E-state index contributed by atoms with van der Waals surface area (Å²) < 4.78 is 1.91. The molecular weight excluding hydrogens is 180 g/mol. The van der Waals surface area contributed by atoms with Gasteiger partial charge >= 0.3 is 11.6 Å². The minimum Gasteiger partial charge on any atom is -0.383 e. The van der Waals surface area contributed by atoms with Crippen molar-refractivity contribution in [3.8, 4) is 0 Å². The van der Waals surface area contributed by atoms with Crippen LogP contribution in [0.4, 0.5) is 11.8 Å². The Labute approximate surface area is 80.9 Å². The average molecular weight is 193 g/mol. The summed E-state index contributed by atoms with van der Waals surface area (Å²) in [5, 5.41) is 3.87. The molecule has 0 unspecified atom stereocenters. The van der Waals surface area contributed by atoms with Crippen molar-refractivity contribution < 1.29 is 4.68 Å². The smallest absolute Gasteiger partial charge is 0.358 e. The summed E-state index contributed by atoms with van der Waals surface area (Å²) in [7, 11) is 0. The number of nitrogens with one attached hydrogen (secondary N) is 1. The van der Waals surface area contributed by atoms with E-state index in [4.69, 9.17) is 11.5 Å². The largest absolute Gasteiger partial charge is 0.383 e. The number of aryl methyl sites for hydroxylation is 1. The molecule has 6 heteroatoms. The third kappa shape index (κ3) is 1.24. The van der Waals surface area contributed by atoms with E-state index in [1.807, 2.05) is 4.68 Å². The fraction of sp³-hybridized carbons (Fsp3) is 0.375. The molecule has 14 heavy (non-hydrogen) atoms. The van der Waals surface area contributed by atoms with Gasteiger partial charge in [0.15, 0.2) is 0 Å². The Balaban J connectivity index is 2.66. The van der Waals surface area contributed by atoms with Gasteiger partial charge in [0.2, 0.25) is 0 Å². The third-order valence-corrected chi connectivity index (χ3v) is 2.04. The van der Waals surface area contributed by atoms with Crippen LogP contribution >= 0.6 is 0 Å². The molecule has 0 aliphatic heterocycles. The van der Waals surface area contributed by atoms with Crippen LogP contribution in [0, 0.1) is 0 Å². The van der Waals surface area contributed by atoms with Crippen molar-refractivity contribution in [1.82, 2.24) is 15.1 Å². The topological polar surface area (TPSA) is 97.5 Å². The minimum absolute atomic E-state index is 0.208. The van der Waals surface area contributed by atoms with Crippen molar-refractivity contribution >= 4 is 22.8 Å². The molecule has 2 rings (SSSR count). The predicted octanol–water partition coefficient (Wildman–Crippen LogP) is -0.180. The predicted molar refractivity (Wildman–Crippen MR) is 53.2 cm³/mol. The van der Waals surface area contributed by atoms with Gasteiger partial charge in [-0.15, -0.1) is 0 Å². The Bertz CT molecular complexity index is 460. The lowest BCUT2D eigenvalue weighted by Crippen LogP contribution is -2.36. The second-order valence-corrected chi connectivity index (χ2v) is 3.13. The van der Waals surface area contributed by atoms with Gasteiger partial charge in [-0.2, -0.15) is 9.67 Å². The summed E-state index contributed by atoms with van der Waals surface area (Å²) in [6.45, 7) is 2.95. The van der Waals surface area contributed by atoms with E-state index in [-0.39, 0.29) is 5.95 Å². The van der Waals surface area contributed by atoms with E-state index >= 15 is 0 Å². The number of nitrogens with zero attached hydrogens (tertiary/aromatic N) is 3. The molecule has 0 spiro atoms. The molecule has 2 aromatic rings. The molecule has 0 bridgehead atoms. The maximum Gasteiger partial charge on any atom is 0.358 e. The number of nitrogens with two attached hydrogens (primary N) is 2. The third-order valence-electron chi connectivity index (χ3n) is 2.04. The molecule has 74 valence electrons. The molecule has 0 aromatic carbocycles. The number of aromatic amines is 1. The van der Waals surface area contributed by atoms with Crippen LogP contribution in [-0.4, -0.2) is 15.1 Å². The quantitative estimate of drug-likeness (QED) is 0.576. The van der Waals surface area contributed by atoms with Gasteiger partial charge in [-0.3, -0.25) is 0 Å². The van der Waals surface area contributed by atoms with E-state index in [9.17, 15) is 0 Å². The van der Waals surface area contributed by atoms with Gasteiger partial charge < -0.3 is 11.5 Å². The van der Waals surface area contributed by atoms with Crippen LogP contribution in [0.1, 0.15) is 13.3 Å². The molecule has 0 aliphatic rings. The van der Waals surface area contributed by atoms with E-state index in [2.05, 4.69) is 22.0 Å². The highest BCUT2D eigenvalue weighted by Crippen LogP contribution is 2.14. The number of hydrogen-bond acceptors (Lipinski definition) is 4. The number of aromatic nitrogens is 4. The van der Waals surface area contributed by atoms with Gasteiger partial charge in [0.05, 0.1) is 6.20 Å². The van der Waals surface area contributed by atoms with Crippen LogP contribution in [0.2, 0.25) is 0 Å². The zero-order valence-electron chi connectivity index (χ0n) is 7.99. The van der Waals surface area contributed by atoms with E-state index in [1.54, 1.807) is 6.20 Å².